The van der Waals surface area contributed by atoms with Crippen molar-refractivity contribution in [1.29, 1.82) is 0 Å². The van der Waals surface area contributed by atoms with Crippen molar-refractivity contribution in [3.63, 3.8) is 0 Å². The number of rotatable bonds is 3. The van der Waals surface area contributed by atoms with Crippen LogP contribution in [0.2, 0.25) is 0 Å². The fourth-order valence-electron chi connectivity index (χ4n) is 2.29. The number of nitrogens with zero attached hydrogens (tertiary/aromatic N) is 3. The van der Waals surface area contributed by atoms with Gasteiger partial charge in [-0.05, 0) is 24.6 Å². The van der Waals surface area contributed by atoms with Crippen molar-refractivity contribution in [1.82, 2.24) is 14.7 Å². The van der Waals surface area contributed by atoms with Crippen molar-refractivity contribution >= 4 is 21.1 Å². The van der Waals surface area contributed by atoms with Gasteiger partial charge in [0.15, 0.2) is 0 Å². The highest BCUT2D eigenvalue weighted by Crippen LogP contribution is 2.27. The Morgan fingerprint density at radius 2 is 2.14 bits per heavy atom. The van der Waals surface area contributed by atoms with Crippen molar-refractivity contribution < 1.29 is 12.9 Å². The van der Waals surface area contributed by atoms with Crippen LogP contribution in [0, 0.1) is 0 Å². The number of fused-ring (bicyclic) bond motifs is 1. The first-order valence-corrected chi connectivity index (χ1v) is 7.89. The van der Waals surface area contributed by atoms with E-state index in [1.807, 2.05) is 18.5 Å². The Morgan fingerprint density at radius 1 is 1.38 bits per heavy atom. The average molecular weight is 306 g/mol. The number of nitrogens with two attached hydrogens (primary N) is 1. The summed E-state index contributed by atoms with van der Waals surface area (Å²) in [6.07, 6.45) is 2.26. The molecule has 0 spiro atoms. The topological polar surface area (TPSA) is 104 Å². The van der Waals surface area contributed by atoms with Crippen molar-refractivity contribution in [2.24, 2.45) is 12.2 Å². The van der Waals surface area contributed by atoms with Gasteiger partial charge in [-0.3, -0.25) is 0 Å². The number of hydrogen-bond acceptors (Lipinski definition) is 5. The minimum Gasteiger partial charge on any atom is -0.364 e. The highest BCUT2D eigenvalue weighted by atomic mass is 32.2. The molecule has 8 heteroatoms. The van der Waals surface area contributed by atoms with E-state index in [9.17, 15) is 8.42 Å². The summed E-state index contributed by atoms with van der Waals surface area (Å²) in [6, 6.07) is 4.62. The Balaban J connectivity index is 2.25. The summed E-state index contributed by atoms with van der Waals surface area (Å²) in [4.78, 5) is 4.52. The van der Waals surface area contributed by atoms with Gasteiger partial charge >= 0.3 is 0 Å². The molecule has 2 aromatic heterocycles. The molecule has 0 bridgehead atoms. The molecule has 0 aliphatic heterocycles. The molecule has 0 saturated heterocycles. The van der Waals surface area contributed by atoms with Gasteiger partial charge in [0.25, 0.3) is 0 Å². The molecule has 110 valence electrons. The molecule has 0 aliphatic rings. The molecule has 0 radical (unpaired) electrons. The molecule has 2 heterocycles. The maximum atomic E-state index is 11.4. The van der Waals surface area contributed by atoms with Crippen LogP contribution in [0.4, 0.5) is 0 Å². The maximum absolute atomic E-state index is 11.4. The second kappa shape index (κ2) is 4.68. The van der Waals surface area contributed by atoms with E-state index in [1.54, 1.807) is 12.3 Å². The van der Waals surface area contributed by atoms with Gasteiger partial charge in [0.2, 0.25) is 10.0 Å². The average Bonchev–Trinajstić information content (AvgIpc) is 3.01. The van der Waals surface area contributed by atoms with E-state index < -0.39 is 10.0 Å². The van der Waals surface area contributed by atoms with E-state index in [4.69, 9.17) is 9.66 Å². The predicted molar refractivity (Wildman–Crippen MR) is 77.0 cm³/mol. The zero-order valence-electron chi connectivity index (χ0n) is 11.6. The van der Waals surface area contributed by atoms with Crippen LogP contribution in [0.5, 0.6) is 0 Å². The van der Waals surface area contributed by atoms with E-state index in [1.165, 1.54) is 12.1 Å². The van der Waals surface area contributed by atoms with Gasteiger partial charge in [-0.1, -0.05) is 12.1 Å². The summed E-state index contributed by atoms with van der Waals surface area (Å²) in [7, 11) is -1.89. The third kappa shape index (κ3) is 2.22. The molecule has 3 aromatic rings. The molecule has 21 heavy (non-hydrogen) atoms. The lowest BCUT2D eigenvalue weighted by Crippen LogP contribution is -2.11. The lowest BCUT2D eigenvalue weighted by molar-refractivity contribution is 0.412. The molecule has 0 aliphatic carbocycles. The molecule has 0 fully saturated rings. The van der Waals surface area contributed by atoms with Crippen LogP contribution in [-0.4, -0.2) is 23.1 Å². The Labute approximate surface area is 121 Å². The quantitative estimate of drug-likeness (QED) is 0.788. The molecule has 0 unspecified atom stereocenters. The first kappa shape index (κ1) is 13.8. The normalized spacial score (nSPS) is 12.1. The standard InChI is InChI=1S/C13H14N4O3S/c1-3-10-9(7-20-16-10)13-15-11-6-8(21(14,18)19)4-5-12(11)17(13)2/h4-7H,3H2,1-2H3,(H2,14,18,19). The van der Waals surface area contributed by atoms with Crippen molar-refractivity contribution in [2.45, 2.75) is 18.2 Å². The van der Waals surface area contributed by atoms with E-state index >= 15 is 0 Å². The molecular weight excluding hydrogens is 292 g/mol. The number of hydrogen-bond donors (Lipinski definition) is 1. The van der Waals surface area contributed by atoms with Crippen molar-refractivity contribution in [3.05, 3.63) is 30.2 Å². The van der Waals surface area contributed by atoms with Gasteiger partial charge in [0.1, 0.15) is 12.1 Å². The van der Waals surface area contributed by atoms with Gasteiger partial charge in [0, 0.05) is 7.05 Å². The number of imidazole rings is 1. The van der Waals surface area contributed by atoms with Crippen molar-refractivity contribution in [3.8, 4) is 11.4 Å². The molecule has 7 nitrogen and oxygen atoms in total. The van der Waals surface area contributed by atoms with Crippen LogP contribution in [0.25, 0.3) is 22.4 Å². The minimum absolute atomic E-state index is 0.0423. The second-order valence-corrected chi connectivity index (χ2v) is 6.28. The number of sulfonamides is 1. The summed E-state index contributed by atoms with van der Waals surface area (Å²) >= 11 is 0. The Hall–Kier alpha value is -2.19. The molecule has 0 amide bonds. The van der Waals surface area contributed by atoms with Crippen LogP contribution in [0.3, 0.4) is 0 Å². The zero-order chi connectivity index (χ0) is 15.2. The SMILES string of the molecule is CCc1nocc1-c1nc2cc(S(N)(=O)=O)ccc2n1C. The van der Waals surface area contributed by atoms with Crippen molar-refractivity contribution in [2.75, 3.05) is 0 Å². The third-order valence-electron chi connectivity index (χ3n) is 3.40. The van der Waals surface area contributed by atoms with E-state index in [0.717, 1.165) is 23.2 Å². The lowest BCUT2D eigenvalue weighted by Gasteiger charge is -2.01. The molecule has 0 saturated carbocycles. The van der Waals surface area contributed by atoms with E-state index in [0.29, 0.717) is 11.3 Å². The molecular formula is C13H14N4O3S. The fraction of sp³-hybridized carbons (Fsp3) is 0.231. The second-order valence-electron chi connectivity index (χ2n) is 4.72. The van der Waals surface area contributed by atoms with Gasteiger partial charge in [-0.15, -0.1) is 0 Å². The Bertz CT molecular complexity index is 924. The Morgan fingerprint density at radius 3 is 2.81 bits per heavy atom. The number of aryl methyl sites for hydroxylation is 2. The van der Waals surface area contributed by atoms with E-state index in [-0.39, 0.29) is 4.90 Å². The number of benzene rings is 1. The Kier molecular flexibility index (Phi) is 3.07. The van der Waals surface area contributed by atoms with Crippen LogP contribution in [-0.2, 0) is 23.5 Å². The zero-order valence-corrected chi connectivity index (χ0v) is 12.4. The summed E-state index contributed by atoms with van der Waals surface area (Å²) in [5, 5.41) is 9.08. The summed E-state index contributed by atoms with van der Waals surface area (Å²) in [5.41, 5.74) is 2.97. The number of aromatic nitrogens is 3. The predicted octanol–water partition coefficient (Wildman–Crippen LogP) is 1.44. The molecule has 3 rings (SSSR count). The molecule has 0 atom stereocenters. The van der Waals surface area contributed by atoms with Crippen LogP contribution < -0.4 is 5.14 Å². The highest BCUT2D eigenvalue weighted by molar-refractivity contribution is 7.89. The van der Waals surface area contributed by atoms with Gasteiger partial charge in [-0.25, -0.2) is 18.5 Å². The first-order valence-electron chi connectivity index (χ1n) is 6.34. The number of primary sulfonamides is 1. The smallest absolute Gasteiger partial charge is 0.238 e. The molecule has 1 aromatic carbocycles. The monoisotopic (exact) mass is 306 g/mol. The summed E-state index contributed by atoms with van der Waals surface area (Å²) < 4.78 is 29.7. The van der Waals surface area contributed by atoms with Crippen LogP contribution in [0.1, 0.15) is 12.6 Å². The van der Waals surface area contributed by atoms with Gasteiger partial charge in [0.05, 0.1) is 27.2 Å². The lowest BCUT2D eigenvalue weighted by atomic mass is 10.2. The third-order valence-corrected chi connectivity index (χ3v) is 4.31. The summed E-state index contributed by atoms with van der Waals surface area (Å²) in [5.74, 6) is 0.676. The largest absolute Gasteiger partial charge is 0.364 e. The maximum Gasteiger partial charge on any atom is 0.238 e. The summed E-state index contributed by atoms with van der Waals surface area (Å²) in [6.45, 7) is 1.98. The van der Waals surface area contributed by atoms with E-state index in [2.05, 4.69) is 10.1 Å². The van der Waals surface area contributed by atoms with Gasteiger partial charge < -0.3 is 9.09 Å². The highest BCUT2D eigenvalue weighted by Gasteiger charge is 2.17. The van der Waals surface area contributed by atoms with Crippen LogP contribution in [0.15, 0.2) is 33.9 Å². The minimum atomic E-state index is -3.74. The first-order chi connectivity index (χ1) is 9.91. The van der Waals surface area contributed by atoms with Crippen LogP contribution >= 0.6 is 0 Å². The van der Waals surface area contributed by atoms with Gasteiger partial charge in [-0.2, -0.15) is 0 Å². The molecule has 2 N–H and O–H groups in total. The fourth-order valence-corrected chi connectivity index (χ4v) is 2.83.